The lowest BCUT2D eigenvalue weighted by Gasteiger charge is -2.55. The summed E-state index contributed by atoms with van der Waals surface area (Å²) in [6, 6.07) is 34.9. The summed E-state index contributed by atoms with van der Waals surface area (Å²) in [6.07, 6.45) is -2.13. The second kappa shape index (κ2) is 18.3. The van der Waals surface area contributed by atoms with E-state index < -0.39 is 70.4 Å². The van der Waals surface area contributed by atoms with Crippen molar-refractivity contribution in [2.24, 2.45) is 0 Å². The Balaban J connectivity index is 1.05. The third-order valence-electron chi connectivity index (χ3n) is 9.86. The lowest BCUT2D eigenvalue weighted by Crippen LogP contribution is -2.76. The Morgan fingerprint density at radius 2 is 1.29 bits per heavy atom. The third kappa shape index (κ3) is 9.23. The number of benzene rings is 4. The molecule has 0 spiro atoms. The maximum Gasteiger partial charge on any atom is 0.407 e. The monoisotopic (exact) mass is 779 g/mol. The smallest absolute Gasteiger partial charge is 0.407 e. The number of esters is 2. The van der Waals surface area contributed by atoms with Crippen LogP contribution >= 0.6 is 11.8 Å². The summed E-state index contributed by atoms with van der Waals surface area (Å²) < 4.78 is 17.0. The van der Waals surface area contributed by atoms with Gasteiger partial charge in [-0.05, 0) is 48.9 Å². The molecule has 56 heavy (non-hydrogen) atoms. The van der Waals surface area contributed by atoms with Crippen molar-refractivity contribution in [3.8, 4) is 0 Å². The van der Waals surface area contributed by atoms with Crippen LogP contribution in [0.4, 0.5) is 4.79 Å². The maximum absolute atomic E-state index is 13.7. The fraction of sp³-hybridized carbons (Fsp3) is 0.326. The highest BCUT2D eigenvalue weighted by Gasteiger charge is 2.60. The normalized spacial score (nSPS) is 20.6. The van der Waals surface area contributed by atoms with E-state index in [0.29, 0.717) is 0 Å². The largest absolute Gasteiger partial charge is 0.451 e. The summed E-state index contributed by atoms with van der Waals surface area (Å²) >= 11 is 1.21. The van der Waals surface area contributed by atoms with Gasteiger partial charge in [-0.1, -0.05) is 121 Å². The Morgan fingerprint density at radius 1 is 0.804 bits per heavy atom. The van der Waals surface area contributed by atoms with E-state index in [-0.39, 0.29) is 32.4 Å². The lowest BCUT2D eigenvalue weighted by atomic mass is 9.94. The van der Waals surface area contributed by atoms with Crippen LogP contribution in [0.1, 0.15) is 67.6 Å². The van der Waals surface area contributed by atoms with Crippen molar-refractivity contribution in [1.82, 2.24) is 15.5 Å². The highest BCUT2D eigenvalue weighted by atomic mass is 32.2. The van der Waals surface area contributed by atoms with E-state index in [1.165, 1.54) is 16.7 Å². The quantitative estimate of drug-likeness (QED) is 0.0804. The van der Waals surface area contributed by atoms with E-state index in [1.54, 1.807) is 13.8 Å². The molecule has 13 heteroatoms. The van der Waals surface area contributed by atoms with Crippen LogP contribution in [0.2, 0.25) is 0 Å². The number of amides is 3. The summed E-state index contributed by atoms with van der Waals surface area (Å²) in [5, 5.41) is 15.9. The molecule has 12 nitrogen and oxygen atoms in total. The van der Waals surface area contributed by atoms with Crippen molar-refractivity contribution in [3.63, 3.8) is 0 Å². The number of nitrogens with one attached hydrogen (secondary N) is 2. The van der Waals surface area contributed by atoms with Gasteiger partial charge in [0.2, 0.25) is 11.8 Å². The van der Waals surface area contributed by atoms with Crippen molar-refractivity contribution in [3.05, 3.63) is 144 Å². The summed E-state index contributed by atoms with van der Waals surface area (Å²) in [5.41, 5.74) is 0.957. The first-order valence-corrected chi connectivity index (χ1v) is 19.6. The number of rotatable bonds is 15. The minimum atomic E-state index is -2.00. The van der Waals surface area contributed by atoms with Crippen molar-refractivity contribution >= 4 is 41.6 Å². The molecule has 4 aromatic rings. The van der Waals surface area contributed by atoms with Gasteiger partial charge in [0, 0.05) is 11.7 Å². The molecule has 4 aromatic carbocycles. The fourth-order valence-corrected chi connectivity index (χ4v) is 8.25. The molecule has 0 saturated carbocycles. The van der Waals surface area contributed by atoms with Crippen LogP contribution < -0.4 is 10.6 Å². The molecule has 0 aliphatic carbocycles. The van der Waals surface area contributed by atoms with Crippen LogP contribution in [0.3, 0.4) is 0 Å². The van der Waals surface area contributed by atoms with Crippen molar-refractivity contribution in [1.29, 1.82) is 0 Å². The van der Waals surface area contributed by atoms with Gasteiger partial charge in [0.1, 0.15) is 17.5 Å². The zero-order valence-electron chi connectivity index (χ0n) is 31.1. The number of β-lactam (4-membered cyclic amide) rings is 1. The molecular weight excluding hydrogens is 735 g/mol. The van der Waals surface area contributed by atoms with Crippen molar-refractivity contribution < 1.29 is 43.3 Å². The summed E-state index contributed by atoms with van der Waals surface area (Å²) in [5.74, 6) is -2.41. The van der Waals surface area contributed by atoms with Crippen molar-refractivity contribution in [2.75, 3.05) is 13.2 Å². The molecule has 2 saturated heterocycles. The number of thioether (sulfide) groups is 1. The first kappa shape index (κ1) is 40.0. The zero-order chi connectivity index (χ0) is 39.7. The molecule has 5 atom stereocenters. The first-order valence-electron chi connectivity index (χ1n) is 18.6. The average Bonchev–Trinajstić information content (AvgIpc) is 3.22. The Kier molecular flexibility index (Phi) is 13.1. The molecule has 2 aliphatic heterocycles. The summed E-state index contributed by atoms with van der Waals surface area (Å²) in [7, 11) is 0. The van der Waals surface area contributed by atoms with Gasteiger partial charge >= 0.3 is 18.0 Å². The van der Waals surface area contributed by atoms with Gasteiger partial charge in [-0.25, -0.2) is 14.4 Å². The minimum Gasteiger partial charge on any atom is -0.451 e. The Labute approximate surface area is 329 Å². The number of alkyl carbamates (subject to hydrolysis) is 1. The number of hydrogen-bond donors (Lipinski definition) is 3. The molecule has 0 radical (unpaired) electrons. The van der Waals surface area contributed by atoms with Crippen LogP contribution in [0, 0.1) is 0 Å². The van der Waals surface area contributed by atoms with Crippen LogP contribution in [0.15, 0.2) is 121 Å². The Morgan fingerprint density at radius 3 is 1.77 bits per heavy atom. The van der Waals surface area contributed by atoms with E-state index in [2.05, 4.69) is 10.6 Å². The standard InChI is InChI=1S/C43H45N3O9S/c1-3-53-42(51)44-33(40(49)54-36(29-17-8-4-9-18-29)30-19-10-5-11-20-30)25-16-26-34(47)45-35-38(48)46-27-43(52,28(2)56-39(35)46)41(50)55-37(31-21-12-6-13-22-31)32-23-14-7-15-24-32/h4-15,17-24,28,33,35-37,39,52H,3,16,25-27H2,1-2H3,(H,44,51)(H,45,47)/t28?,33?,35?,39-,43?/m1/s1. The van der Waals surface area contributed by atoms with Gasteiger partial charge in [-0.15, -0.1) is 11.8 Å². The van der Waals surface area contributed by atoms with Gasteiger partial charge in [0.25, 0.3) is 0 Å². The number of carbonyl (C=O) groups excluding carboxylic acids is 5. The molecule has 292 valence electrons. The molecular formula is C43H45N3O9S. The van der Waals surface area contributed by atoms with E-state index in [4.69, 9.17) is 14.2 Å². The number of carbonyl (C=O) groups is 5. The van der Waals surface area contributed by atoms with Crippen LogP contribution in [0.25, 0.3) is 0 Å². The molecule has 0 aromatic heterocycles. The Hall–Kier alpha value is -5.66. The Bertz CT molecular complexity index is 1890. The lowest BCUT2D eigenvalue weighted by molar-refractivity contribution is -0.178. The second-order valence-corrected chi connectivity index (χ2v) is 15.1. The van der Waals surface area contributed by atoms with E-state index in [0.717, 1.165) is 22.3 Å². The zero-order valence-corrected chi connectivity index (χ0v) is 31.9. The molecule has 3 N–H and O–H groups in total. The fourth-order valence-electron chi connectivity index (χ4n) is 6.77. The van der Waals surface area contributed by atoms with Crippen LogP contribution in [0.5, 0.6) is 0 Å². The molecule has 2 heterocycles. The molecule has 0 bridgehead atoms. The molecule has 4 unspecified atom stereocenters. The summed E-state index contributed by atoms with van der Waals surface area (Å²) in [4.78, 5) is 67.6. The van der Waals surface area contributed by atoms with Gasteiger partial charge in [0.15, 0.2) is 17.8 Å². The minimum absolute atomic E-state index is 0.0531. The molecule has 2 fully saturated rings. The predicted octanol–water partition coefficient (Wildman–Crippen LogP) is 5.46. The van der Waals surface area contributed by atoms with Gasteiger partial charge in [0.05, 0.1) is 13.2 Å². The number of nitrogens with zero attached hydrogens (tertiary/aromatic N) is 1. The van der Waals surface area contributed by atoms with Gasteiger partial charge < -0.3 is 34.9 Å². The van der Waals surface area contributed by atoms with E-state index >= 15 is 0 Å². The number of ether oxygens (including phenoxy) is 3. The topological polar surface area (TPSA) is 161 Å². The van der Waals surface area contributed by atoms with Gasteiger partial charge in [-0.3, -0.25) is 9.59 Å². The number of hydrogen-bond acceptors (Lipinski definition) is 10. The maximum atomic E-state index is 13.7. The predicted molar refractivity (Wildman–Crippen MR) is 209 cm³/mol. The summed E-state index contributed by atoms with van der Waals surface area (Å²) in [6.45, 7) is 3.15. The van der Waals surface area contributed by atoms with E-state index in [1.807, 2.05) is 121 Å². The van der Waals surface area contributed by atoms with Crippen LogP contribution in [-0.2, 0) is 33.4 Å². The number of aliphatic hydroxyl groups is 1. The third-order valence-corrected chi connectivity index (χ3v) is 11.5. The van der Waals surface area contributed by atoms with Gasteiger partial charge in [-0.2, -0.15) is 0 Å². The van der Waals surface area contributed by atoms with Crippen molar-refractivity contribution in [2.45, 2.75) is 73.6 Å². The second-order valence-electron chi connectivity index (χ2n) is 13.7. The average molecular weight is 780 g/mol. The highest BCUT2D eigenvalue weighted by Crippen LogP contribution is 2.44. The molecule has 3 amide bonds. The molecule has 2 aliphatic rings. The SMILES string of the molecule is CCOC(=O)NC(CCCC(=O)NC1C(=O)N2CC(O)(C(=O)OC(c3ccccc3)c3ccccc3)C(C)S[C@H]12)C(=O)OC(c1ccccc1)c1ccccc1. The van der Waals surface area contributed by atoms with Crippen LogP contribution in [-0.4, -0.2) is 81.3 Å². The van der Waals surface area contributed by atoms with E-state index in [9.17, 15) is 29.1 Å². The number of fused-ring (bicyclic) bond motifs is 1. The molecule has 6 rings (SSSR count). The highest BCUT2D eigenvalue weighted by molar-refractivity contribution is 8.00. The first-order chi connectivity index (χ1) is 27.1.